The summed E-state index contributed by atoms with van der Waals surface area (Å²) >= 11 is 13.2. The monoisotopic (exact) mass is 489 g/mol. The van der Waals surface area contributed by atoms with Gasteiger partial charge in [-0.2, -0.15) is 4.31 Å². The molecule has 12 heteroatoms. The van der Waals surface area contributed by atoms with Crippen molar-refractivity contribution in [2.24, 2.45) is 0 Å². The van der Waals surface area contributed by atoms with Crippen LogP contribution in [0.1, 0.15) is 16.1 Å². The number of nitrogens with zero attached hydrogens (tertiary/aromatic N) is 2. The maximum Gasteiger partial charge on any atom is 0.414 e. The van der Waals surface area contributed by atoms with Gasteiger partial charge in [0.05, 0.1) is 27.3 Å². The Morgan fingerprint density at radius 1 is 1.23 bits per heavy atom. The minimum atomic E-state index is -3.63. The Morgan fingerprint density at radius 2 is 2.00 bits per heavy atom. The van der Waals surface area contributed by atoms with Gasteiger partial charge in [0.2, 0.25) is 10.0 Å². The molecule has 2 aliphatic rings. The number of carbonyl (C=O) groups is 2. The Morgan fingerprint density at radius 3 is 2.60 bits per heavy atom. The molecule has 0 bridgehead atoms. The summed E-state index contributed by atoms with van der Waals surface area (Å²) in [6.45, 7) is 1.28. The van der Waals surface area contributed by atoms with Crippen molar-refractivity contribution in [3.63, 3.8) is 0 Å². The van der Waals surface area contributed by atoms with Gasteiger partial charge in [-0.1, -0.05) is 23.2 Å². The summed E-state index contributed by atoms with van der Waals surface area (Å²) < 4.78 is 32.3. The number of hydrogen-bond acceptors (Lipinski definition) is 6. The maximum absolute atomic E-state index is 12.5. The first-order chi connectivity index (χ1) is 14.3. The molecule has 30 heavy (non-hydrogen) atoms. The molecule has 0 radical (unpaired) electrons. The third-order valence-electron chi connectivity index (χ3n) is 4.82. The van der Waals surface area contributed by atoms with Crippen LogP contribution in [0.15, 0.2) is 35.2 Å². The van der Waals surface area contributed by atoms with Crippen molar-refractivity contribution >= 4 is 62.2 Å². The molecule has 3 heterocycles. The summed E-state index contributed by atoms with van der Waals surface area (Å²) in [5.41, 5.74) is 0.423. The summed E-state index contributed by atoms with van der Waals surface area (Å²) in [5.74, 6) is -0.301. The van der Waals surface area contributed by atoms with E-state index in [0.717, 1.165) is 17.8 Å². The first-order valence-electron chi connectivity index (χ1n) is 9.07. The Bertz CT molecular complexity index is 1100. The molecule has 0 spiro atoms. The molecular formula is C18H17Cl2N3O5S2. The highest BCUT2D eigenvalue weighted by Gasteiger charge is 2.35. The molecule has 1 aromatic carbocycles. The summed E-state index contributed by atoms with van der Waals surface area (Å²) in [6.07, 6.45) is -0.325. The van der Waals surface area contributed by atoms with E-state index >= 15 is 0 Å². The predicted molar refractivity (Wildman–Crippen MR) is 114 cm³/mol. The molecule has 4 rings (SSSR count). The topological polar surface area (TPSA) is 96.0 Å². The van der Waals surface area contributed by atoms with E-state index in [2.05, 4.69) is 5.32 Å². The van der Waals surface area contributed by atoms with Gasteiger partial charge in [0, 0.05) is 18.8 Å². The Kier molecular flexibility index (Phi) is 5.95. The van der Waals surface area contributed by atoms with Crippen molar-refractivity contribution in [3.05, 3.63) is 44.6 Å². The SMILES string of the molecule is O=C(NC[C@H]1CN(c2ccc(S(=O)(=O)N3CCC3)c(Cl)c2)C(=O)O1)c1ccc(Cl)s1. The lowest BCUT2D eigenvalue weighted by molar-refractivity contribution is 0.0920. The lowest BCUT2D eigenvalue weighted by Crippen LogP contribution is -2.42. The number of ether oxygens (including phenoxy) is 1. The second kappa shape index (κ2) is 8.35. The fourth-order valence-corrected chi connectivity index (χ4v) is 6.09. The van der Waals surface area contributed by atoms with Gasteiger partial charge >= 0.3 is 6.09 Å². The van der Waals surface area contributed by atoms with Crippen LogP contribution in [0.3, 0.4) is 0 Å². The number of rotatable bonds is 6. The lowest BCUT2D eigenvalue weighted by atomic mass is 10.2. The number of carbonyl (C=O) groups excluding carboxylic acids is 2. The molecule has 0 saturated carbocycles. The van der Waals surface area contributed by atoms with Crippen LogP contribution in [-0.4, -0.2) is 57.0 Å². The molecule has 1 atom stereocenters. The van der Waals surface area contributed by atoms with Crippen LogP contribution < -0.4 is 10.2 Å². The van der Waals surface area contributed by atoms with Crippen LogP contribution in [0.4, 0.5) is 10.5 Å². The molecule has 2 saturated heterocycles. The summed E-state index contributed by atoms with van der Waals surface area (Å²) in [6, 6.07) is 7.61. The zero-order valence-electron chi connectivity index (χ0n) is 15.5. The van der Waals surface area contributed by atoms with Crippen LogP contribution in [0, 0.1) is 0 Å². The van der Waals surface area contributed by atoms with Crippen molar-refractivity contribution in [3.8, 4) is 0 Å². The number of hydrogen-bond donors (Lipinski definition) is 1. The fourth-order valence-electron chi connectivity index (χ4n) is 3.10. The van der Waals surface area contributed by atoms with Crippen molar-refractivity contribution < 1.29 is 22.7 Å². The van der Waals surface area contributed by atoms with Gasteiger partial charge < -0.3 is 10.1 Å². The zero-order valence-corrected chi connectivity index (χ0v) is 18.7. The normalized spacial score (nSPS) is 19.5. The third-order valence-corrected chi connectivity index (χ3v) is 8.43. The molecule has 2 amide bonds. The second-order valence-corrected chi connectivity index (χ2v) is 10.8. The molecule has 2 aliphatic heterocycles. The highest BCUT2D eigenvalue weighted by atomic mass is 35.5. The van der Waals surface area contributed by atoms with E-state index in [1.807, 2.05) is 0 Å². The molecule has 2 aromatic rings. The molecule has 1 aromatic heterocycles. The predicted octanol–water partition coefficient (Wildman–Crippen LogP) is 3.20. The van der Waals surface area contributed by atoms with E-state index in [1.165, 1.54) is 27.4 Å². The molecule has 0 aliphatic carbocycles. The number of nitrogens with one attached hydrogen (secondary N) is 1. The fraction of sp³-hybridized carbons (Fsp3) is 0.333. The first-order valence-corrected chi connectivity index (χ1v) is 12.1. The number of halogens is 2. The number of benzene rings is 1. The number of anilines is 1. The summed E-state index contributed by atoms with van der Waals surface area (Å²) in [5, 5.41) is 2.75. The minimum absolute atomic E-state index is 0.0126. The number of amides is 2. The quantitative estimate of drug-likeness (QED) is 0.671. The molecule has 2 fully saturated rings. The summed E-state index contributed by atoms with van der Waals surface area (Å²) in [7, 11) is -3.63. The molecule has 160 valence electrons. The largest absolute Gasteiger partial charge is 0.442 e. The molecule has 1 N–H and O–H groups in total. The molecular weight excluding hydrogens is 473 g/mol. The van der Waals surface area contributed by atoms with Gasteiger partial charge in [-0.05, 0) is 36.8 Å². The van der Waals surface area contributed by atoms with E-state index in [9.17, 15) is 18.0 Å². The van der Waals surface area contributed by atoms with Crippen molar-refractivity contribution in [2.75, 3.05) is 31.1 Å². The highest BCUT2D eigenvalue weighted by molar-refractivity contribution is 7.89. The van der Waals surface area contributed by atoms with Crippen LogP contribution in [0.25, 0.3) is 0 Å². The Balaban J connectivity index is 1.41. The number of sulfonamides is 1. The van der Waals surface area contributed by atoms with E-state index < -0.39 is 22.2 Å². The minimum Gasteiger partial charge on any atom is -0.442 e. The highest BCUT2D eigenvalue weighted by Crippen LogP contribution is 2.32. The van der Waals surface area contributed by atoms with Crippen LogP contribution >= 0.6 is 34.5 Å². The van der Waals surface area contributed by atoms with Gasteiger partial charge in [-0.3, -0.25) is 9.69 Å². The molecule has 0 unspecified atom stereocenters. The Hall–Kier alpha value is -1.85. The number of cyclic esters (lactones) is 1. The van der Waals surface area contributed by atoms with Crippen LogP contribution in [0.2, 0.25) is 9.36 Å². The van der Waals surface area contributed by atoms with Crippen molar-refractivity contribution in [1.82, 2.24) is 9.62 Å². The van der Waals surface area contributed by atoms with Crippen molar-refractivity contribution in [2.45, 2.75) is 17.4 Å². The van der Waals surface area contributed by atoms with Crippen molar-refractivity contribution in [1.29, 1.82) is 0 Å². The van der Waals surface area contributed by atoms with Gasteiger partial charge in [-0.25, -0.2) is 13.2 Å². The smallest absolute Gasteiger partial charge is 0.414 e. The standard InChI is InChI=1S/C18H17Cl2N3O5S2/c19-13-8-11(2-4-15(13)30(26,27)22-6-1-7-22)23-10-12(28-18(23)25)9-21-17(24)14-3-5-16(20)29-14/h2-5,8,12H,1,6-7,9-10H2,(H,21,24)/t12-/m0/s1. The van der Waals surface area contributed by atoms with Gasteiger partial charge in [-0.15, -0.1) is 11.3 Å². The molecule has 8 nitrogen and oxygen atoms in total. The van der Waals surface area contributed by atoms with Crippen LogP contribution in [-0.2, 0) is 14.8 Å². The van der Waals surface area contributed by atoms with E-state index in [4.69, 9.17) is 27.9 Å². The zero-order chi connectivity index (χ0) is 21.5. The van der Waals surface area contributed by atoms with Gasteiger partial charge in [0.25, 0.3) is 5.91 Å². The average Bonchev–Trinajstić information content (AvgIpc) is 3.23. The maximum atomic E-state index is 12.5. The average molecular weight is 490 g/mol. The van der Waals surface area contributed by atoms with Gasteiger partial charge in [0.1, 0.15) is 11.0 Å². The van der Waals surface area contributed by atoms with Crippen LogP contribution in [0.5, 0.6) is 0 Å². The van der Waals surface area contributed by atoms with E-state index in [-0.39, 0.29) is 28.9 Å². The van der Waals surface area contributed by atoms with E-state index in [1.54, 1.807) is 12.1 Å². The summed E-state index contributed by atoms with van der Waals surface area (Å²) in [4.78, 5) is 26.2. The number of thiophene rings is 1. The Labute approximate surface area is 187 Å². The third kappa shape index (κ3) is 4.15. The van der Waals surface area contributed by atoms with Gasteiger partial charge in [0.15, 0.2) is 0 Å². The second-order valence-electron chi connectivity index (χ2n) is 6.80. The van der Waals surface area contributed by atoms with E-state index in [0.29, 0.717) is 28.0 Å². The lowest BCUT2D eigenvalue weighted by Gasteiger charge is -2.30. The first kappa shape index (κ1) is 21.4.